The van der Waals surface area contributed by atoms with Crippen molar-refractivity contribution in [2.24, 2.45) is 0 Å². The minimum absolute atomic E-state index is 0.238. The molecule has 0 aromatic carbocycles. The summed E-state index contributed by atoms with van der Waals surface area (Å²) >= 11 is 2.62. The monoisotopic (exact) mass is 310 g/mol. The minimum Gasteiger partial charge on any atom is -0.477 e. The molecular weight excluding hydrogens is 296 g/mol. The Kier molecular flexibility index (Phi) is 4.51. The van der Waals surface area contributed by atoms with Gasteiger partial charge in [-0.15, -0.1) is 22.7 Å². The van der Waals surface area contributed by atoms with Gasteiger partial charge in [0.05, 0.1) is 11.6 Å². The Labute approximate surface area is 124 Å². The van der Waals surface area contributed by atoms with Crippen molar-refractivity contribution in [2.45, 2.75) is 26.3 Å². The average Bonchev–Trinajstić information content (AvgIpc) is 3.05. The summed E-state index contributed by atoms with van der Waals surface area (Å²) in [5, 5.41) is 14.2. The Bertz CT molecular complexity index is 631. The lowest BCUT2D eigenvalue weighted by molar-refractivity contribution is 0.0702. The molecule has 0 fully saturated rings. The van der Waals surface area contributed by atoms with Crippen molar-refractivity contribution in [1.29, 1.82) is 0 Å². The predicted molar refractivity (Wildman–Crippen MR) is 78.7 cm³/mol. The van der Waals surface area contributed by atoms with Gasteiger partial charge in [0.2, 0.25) is 0 Å². The molecule has 0 atom stereocenters. The second-order valence-electron chi connectivity index (χ2n) is 4.48. The SMILES string of the molecule is CC(C)c1nc(C(=O)NCc2ccc(C(=O)O)s2)cs1. The maximum atomic E-state index is 11.9. The molecule has 0 bridgehead atoms. The number of carboxylic acids is 1. The van der Waals surface area contributed by atoms with Gasteiger partial charge in [-0.3, -0.25) is 4.79 Å². The molecule has 2 aromatic heterocycles. The molecule has 0 saturated carbocycles. The lowest BCUT2D eigenvalue weighted by Gasteiger charge is -2.01. The molecule has 106 valence electrons. The number of aromatic carboxylic acids is 1. The minimum atomic E-state index is -0.950. The number of nitrogens with one attached hydrogen (secondary N) is 1. The van der Waals surface area contributed by atoms with Gasteiger partial charge in [0.1, 0.15) is 10.6 Å². The third kappa shape index (κ3) is 3.43. The Balaban J connectivity index is 1.95. The molecule has 0 aliphatic rings. The highest BCUT2D eigenvalue weighted by atomic mass is 32.1. The number of aromatic nitrogens is 1. The second kappa shape index (κ2) is 6.15. The number of carboxylic acid groups (broad SMARTS) is 1. The number of amides is 1. The molecule has 7 heteroatoms. The molecule has 5 nitrogen and oxygen atoms in total. The number of carbonyl (C=O) groups is 2. The van der Waals surface area contributed by atoms with E-state index in [1.807, 2.05) is 13.8 Å². The van der Waals surface area contributed by atoms with Crippen LogP contribution >= 0.6 is 22.7 Å². The van der Waals surface area contributed by atoms with E-state index in [2.05, 4.69) is 10.3 Å². The molecule has 2 N–H and O–H groups in total. The fourth-order valence-electron chi connectivity index (χ4n) is 1.50. The fraction of sp³-hybridized carbons (Fsp3) is 0.308. The first-order valence-electron chi connectivity index (χ1n) is 6.03. The van der Waals surface area contributed by atoms with E-state index < -0.39 is 5.97 Å². The first kappa shape index (κ1) is 14.7. The third-order valence-electron chi connectivity index (χ3n) is 2.54. The van der Waals surface area contributed by atoms with E-state index in [0.717, 1.165) is 21.2 Å². The Morgan fingerprint density at radius 1 is 1.40 bits per heavy atom. The largest absolute Gasteiger partial charge is 0.477 e. The maximum Gasteiger partial charge on any atom is 0.345 e. The predicted octanol–water partition coefficient (Wildman–Crippen LogP) is 2.96. The first-order chi connectivity index (χ1) is 9.47. The summed E-state index contributed by atoms with van der Waals surface area (Å²) in [7, 11) is 0. The van der Waals surface area contributed by atoms with Gasteiger partial charge in [-0.25, -0.2) is 9.78 Å². The van der Waals surface area contributed by atoms with E-state index in [1.54, 1.807) is 11.4 Å². The lowest BCUT2D eigenvalue weighted by atomic mass is 10.2. The molecule has 20 heavy (non-hydrogen) atoms. The van der Waals surface area contributed by atoms with Gasteiger partial charge >= 0.3 is 5.97 Å². The van der Waals surface area contributed by atoms with Crippen LogP contribution in [-0.2, 0) is 6.54 Å². The van der Waals surface area contributed by atoms with Gasteiger partial charge in [0.25, 0.3) is 5.91 Å². The van der Waals surface area contributed by atoms with Gasteiger partial charge < -0.3 is 10.4 Å². The highest BCUT2D eigenvalue weighted by Crippen LogP contribution is 2.19. The number of hydrogen-bond donors (Lipinski definition) is 2. The summed E-state index contributed by atoms with van der Waals surface area (Å²) in [6, 6.07) is 3.24. The average molecular weight is 310 g/mol. The zero-order valence-electron chi connectivity index (χ0n) is 11.0. The highest BCUT2D eigenvalue weighted by Gasteiger charge is 2.13. The highest BCUT2D eigenvalue weighted by molar-refractivity contribution is 7.13. The molecule has 0 spiro atoms. The van der Waals surface area contributed by atoms with E-state index in [-0.39, 0.29) is 10.8 Å². The fourth-order valence-corrected chi connectivity index (χ4v) is 3.10. The quantitative estimate of drug-likeness (QED) is 0.890. The van der Waals surface area contributed by atoms with Gasteiger partial charge in [0.15, 0.2) is 0 Å². The summed E-state index contributed by atoms with van der Waals surface area (Å²) in [4.78, 5) is 28.0. The molecule has 2 rings (SSSR count). The van der Waals surface area contributed by atoms with E-state index in [4.69, 9.17) is 5.11 Å². The molecule has 0 aliphatic carbocycles. The zero-order valence-corrected chi connectivity index (χ0v) is 12.7. The molecule has 1 amide bonds. The van der Waals surface area contributed by atoms with Crippen LogP contribution in [0.15, 0.2) is 17.5 Å². The third-order valence-corrected chi connectivity index (χ3v) is 4.76. The normalized spacial score (nSPS) is 10.8. The Hall–Kier alpha value is -1.73. The zero-order chi connectivity index (χ0) is 14.7. The van der Waals surface area contributed by atoms with Gasteiger partial charge in [0, 0.05) is 16.2 Å². The molecule has 0 radical (unpaired) electrons. The molecule has 0 saturated heterocycles. The van der Waals surface area contributed by atoms with Crippen LogP contribution in [-0.4, -0.2) is 22.0 Å². The van der Waals surface area contributed by atoms with Gasteiger partial charge in [-0.2, -0.15) is 0 Å². The lowest BCUT2D eigenvalue weighted by Crippen LogP contribution is -2.22. The number of nitrogens with zero attached hydrogens (tertiary/aromatic N) is 1. The van der Waals surface area contributed by atoms with Gasteiger partial charge in [-0.1, -0.05) is 13.8 Å². The Morgan fingerprint density at radius 3 is 2.70 bits per heavy atom. The number of thiophene rings is 1. The van der Waals surface area contributed by atoms with E-state index >= 15 is 0 Å². The van der Waals surface area contributed by atoms with Crippen LogP contribution in [0.5, 0.6) is 0 Å². The Morgan fingerprint density at radius 2 is 2.15 bits per heavy atom. The van der Waals surface area contributed by atoms with Gasteiger partial charge in [-0.05, 0) is 12.1 Å². The summed E-state index contributed by atoms with van der Waals surface area (Å²) in [5.74, 6) is -0.885. The van der Waals surface area contributed by atoms with Crippen molar-refractivity contribution in [3.63, 3.8) is 0 Å². The van der Waals surface area contributed by atoms with Crippen LogP contribution in [0.2, 0.25) is 0 Å². The number of thiazole rings is 1. The van der Waals surface area contributed by atoms with Crippen LogP contribution < -0.4 is 5.32 Å². The molecule has 2 heterocycles. The first-order valence-corrected chi connectivity index (χ1v) is 7.72. The molecule has 0 unspecified atom stereocenters. The van der Waals surface area contributed by atoms with Crippen LogP contribution in [0.1, 0.15) is 49.8 Å². The summed E-state index contributed by atoms with van der Waals surface area (Å²) in [6.07, 6.45) is 0. The number of hydrogen-bond acceptors (Lipinski definition) is 5. The van der Waals surface area contributed by atoms with Crippen molar-refractivity contribution >= 4 is 34.6 Å². The summed E-state index contributed by atoms with van der Waals surface area (Å²) < 4.78 is 0. The van der Waals surface area contributed by atoms with Crippen LogP contribution in [0, 0.1) is 0 Å². The number of rotatable bonds is 5. The van der Waals surface area contributed by atoms with Crippen molar-refractivity contribution < 1.29 is 14.7 Å². The summed E-state index contributed by atoms with van der Waals surface area (Å²) in [5.41, 5.74) is 0.411. The van der Waals surface area contributed by atoms with Crippen molar-refractivity contribution in [3.05, 3.63) is 38.0 Å². The van der Waals surface area contributed by atoms with Crippen molar-refractivity contribution in [1.82, 2.24) is 10.3 Å². The van der Waals surface area contributed by atoms with Crippen LogP contribution in [0.25, 0.3) is 0 Å². The molecule has 0 aliphatic heterocycles. The van der Waals surface area contributed by atoms with E-state index in [0.29, 0.717) is 18.2 Å². The number of carbonyl (C=O) groups excluding carboxylic acids is 1. The maximum absolute atomic E-state index is 11.9. The molecule has 2 aromatic rings. The van der Waals surface area contributed by atoms with Crippen LogP contribution in [0.3, 0.4) is 0 Å². The topological polar surface area (TPSA) is 79.3 Å². The van der Waals surface area contributed by atoms with E-state index in [9.17, 15) is 9.59 Å². The smallest absolute Gasteiger partial charge is 0.345 e. The van der Waals surface area contributed by atoms with Crippen molar-refractivity contribution in [3.8, 4) is 0 Å². The van der Waals surface area contributed by atoms with E-state index in [1.165, 1.54) is 17.4 Å². The van der Waals surface area contributed by atoms with Crippen LogP contribution in [0.4, 0.5) is 0 Å². The molecular formula is C13H14N2O3S2. The van der Waals surface area contributed by atoms with Crippen molar-refractivity contribution in [2.75, 3.05) is 0 Å². The second-order valence-corrected chi connectivity index (χ2v) is 6.54. The standard InChI is InChI=1S/C13H14N2O3S2/c1-7(2)12-15-9(6-19-12)11(16)14-5-8-3-4-10(20-8)13(17)18/h3-4,6-7H,5H2,1-2H3,(H,14,16)(H,17,18). The summed E-state index contributed by atoms with van der Waals surface area (Å²) in [6.45, 7) is 4.37.